The van der Waals surface area contributed by atoms with Crippen molar-refractivity contribution in [2.45, 2.75) is 31.0 Å². The lowest BCUT2D eigenvalue weighted by atomic mass is 10.1. The first kappa shape index (κ1) is 23.7. The Morgan fingerprint density at radius 2 is 1.97 bits per heavy atom. The van der Waals surface area contributed by atoms with Crippen LogP contribution in [-0.4, -0.2) is 88.9 Å². The molecular formula is C20H25N7O6. The average Bonchev–Trinajstić information content (AvgIpc) is 2.75. The summed E-state index contributed by atoms with van der Waals surface area (Å²) in [7, 11) is 1.80. The summed E-state index contributed by atoms with van der Waals surface area (Å²) >= 11 is 0. The number of amides is 2. The van der Waals surface area contributed by atoms with Crippen LogP contribution in [0.4, 0.5) is 5.69 Å². The lowest BCUT2D eigenvalue weighted by molar-refractivity contribution is -0.140. The minimum absolute atomic E-state index is 0.0284. The van der Waals surface area contributed by atoms with E-state index in [1.807, 2.05) is 4.90 Å². The predicted molar refractivity (Wildman–Crippen MR) is 118 cm³/mol. The van der Waals surface area contributed by atoms with Crippen LogP contribution in [0.5, 0.6) is 0 Å². The molecule has 3 atom stereocenters. The van der Waals surface area contributed by atoms with Gasteiger partial charge in [-0.2, -0.15) is 4.99 Å². The number of aliphatic carboxylic acids is 2. The summed E-state index contributed by atoms with van der Waals surface area (Å²) in [4.78, 5) is 56.8. The molecule has 2 aliphatic rings. The standard InChI is InChI=1S/C20H25N7O6/c1-27-12(9-23-16-15(27)18(31)26-20(21)25-16)8-22-11-4-2-10(3-5-11)17(30)24-13(19(32)33)6-7-14(28)29/h2-5,12-13,15,22H,6-9H2,1H3,(H,24,30)(H,28,29)(H,32,33)(H3,21,23,25,26,31)/t12-,13-,15?/m0/s1/i6+1,7+1,13+1,14+1,19+1. The van der Waals surface area contributed by atoms with E-state index in [1.165, 1.54) is 12.1 Å². The summed E-state index contributed by atoms with van der Waals surface area (Å²) in [5.41, 5.74) is 6.52. The van der Waals surface area contributed by atoms with Crippen LogP contribution in [0.2, 0.25) is 0 Å². The number of amidine groups is 1. The van der Waals surface area contributed by atoms with Crippen molar-refractivity contribution in [3.05, 3.63) is 29.8 Å². The van der Waals surface area contributed by atoms with Crippen LogP contribution >= 0.6 is 0 Å². The predicted octanol–water partition coefficient (Wildman–Crippen LogP) is -1.33. The van der Waals surface area contributed by atoms with Crippen LogP contribution in [0.1, 0.15) is 23.2 Å². The second-order valence-corrected chi connectivity index (χ2v) is 7.66. The number of carbonyl (C=O) groups is 4. The molecule has 0 fully saturated rings. The lowest BCUT2D eigenvalue weighted by Gasteiger charge is -2.38. The zero-order chi connectivity index (χ0) is 24.1. The van der Waals surface area contributed by atoms with E-state index in [0.29, 0.717) is 24.6 Å². The van der Waals surface area contributed by atoms with Crippen molar-refractivity contribution in [3.8, 4) is 0 Å². The zero-order valence-electron chi connectivity index (χ0n) is 17.8. The average molecular weight is 464 g/mol. The van der Waals surface area contributed by atoms with Crippen molar-refractivity contribution >= 4 is 41.2 Å². The fourth-order valence-electron chi connectivity index (χ4n) is 3.50. The molecular weight excluding hydrogens is 439 g/mol. The molecule has 0 aromatic heterocycles. The number of guanidine groups is 1. The Balaban J connectivity index is 1.56. The van der Waals surface area contributed by atoms with Gasteiger partial charge in [-0.25, -0.2) is 4.79 Å². The van der Waals surface area contributed by atoms with Crippen LogP contribution in [0.3, 0.4) is 0 Å². The fraction of sp³-hybridized carbons (Fsp3) is 0.400. The Morgan fingerprint density at radius 1 is 1.27 bits per heavy atom. The highest BCUT2D eigenvalue weighted by atomic mass is 16.5. The van der Waals surface area contributed by atoms with Crippen LogP contribution < -0.4 is 21.7 Å². The summed E-state index contributed by atoms with van der Waals surface area (Å²) in [5.74, 6) is -2.93. The van der Waals surface area contributed by atoms with Crippen molar-refractivity contribution in [2.75, 3.05) is 25.5 Å². The maximum absolute atomic E-state index is 12.3. The van der Waals surface area contributed by atoms with Crippen LogP contribution in [0, 0.1) is 0 Å². The molecule has 2 aliphatic heterocycles. The Hall–Kier alpha value is -4.00. The van der Waals surface area contributed by atoms with Crippen molar-refractivity contribution in [1.29, 1.82) is 0 Å². The third kappa shape index (κ3) is 5.83. The van der Waals surface area contributed by atoms with Gasteiger partial charge in [-0.15, -0.1) is 0 Å². The number of hydrogen-bond acceptors (Lipinski definition) is 9. The Kier molecular flexibility index (Phi) is 7.23. The highest BCUT2D eigenvalue weighted by molar-refractivity contribution is 6.19. The minimum Gasteiger partial charge on any atom is -0.481 e. The van der Waals surface area contributed by atoms with E-state index in [1.54, 1.807) is 19.2 Å². The first-order valence-electron chi connectivity index (χ1n) is 10.2. The van der Waals surface area contributed by atoms with Gasteiger partial charge in [0.05, 0.1) is 6.54 Å². The van der Waals surface area contributed by atoms with E-state index < -0.39 is 29.9 Å². The number of carbonyl (C=O) groups excluding carboxylic acids is 2. The molecule has 1 aromatic carbocycles. The van der Waals surface area contributed by atoms with Crippen molar-refractivity contribution < 1.29 is 29.4 Å². The summed E-state index contributed by atoms with van der Waals surface area (Å²) < 4.78 is 0. The molecule has 0 spiro atoms. The van der Waals surface area contributed by atoms with Gasteiger partial charge in [0.2, 0.25) is 5.96 Å². The number of benzene rings is 1. The highest BCUT2D eigenvalue weighted by Crippen LogP contribution is 2.17. The van der Waals surface area contributed by atoms with Gasteiger partial charge in [-0.1, -0.05) is 0 Å². The van der Waals surface area contributed by atoms with E-state index in [2.05, 4.69) is 25.9 Å². The van der Waals surface area contributed by atoms with Crippen LogP contribution in [0.15, 0.2) is 34.3 Å². The number of aliphatic imine (C=N–C) groups is 2. The molecule has 0 bridgehead atoms. The molecule has 1 unspecified atom stereocenters. The smallest absolute Gasteiger partial charge is 0.326 e. The number of anilines is 1. The number of hydrogen-bond donors (Lipinski definition) is 6. The normalized spacial score (nSPS) is 21.1. The van der Waals surface area contributed by atoms with Gasteiger partial charge in [0, 0.05) is 30.3 Å². The number of likely N-dealkylation sites (N-methyl/N-ethyl adjacent to an activating group) is 1. The van der Waals surface area contributed by atoms with Gasteiger partial charge >= 0.3 is 11.9 Å². The van der Waals surface area contributed by atoms with Crippen LogP contribution in [-0.2, 0) is 14.4 Å². The zero-order valence-corrected chi connectivity index (χ0v) is 17.8. The van der Waals surface area contributed by atoms with Gasteiger partial charge in [-0.05, 0) is 37.7 Å². The summed E-state index contributed by atoms with van der Waals surface area (Å²) in [6.45, 7) is 0.894. The first-order chi connectivity index (χ1) is 15.7. The van der Waals surface area contributed by atoms with Crippen molar-refractivity contribution in [2.24, 2.45) is 15.7 Å². The molecule has 7 N–H and O–H groups in total. The van der Waals surface area contributed by atoms with Crippen molar-refractivity contribution in [1.82, 2.24) is 15.5 Å². The Bertz CT molecular complexity index is 1010. The number of carboxylic acids is 2. The molecule has 0 saturated heterocycles. The molecule has 33 heavy (non-hydrogen) atoms. The maximum Gasteiger partial charge on any atom is 0.326 e. The van der Waals surface area contributed by atoms with Crippen molar-refractivity contribution in [3.63, 3.8) is 0 Å². The van der Waals surface area contributed by atoms with Gasteiger partial charge in [0.25, 0.3) is 11.8 Å². The van der Waals surface area contributed by atoms with Crippen LogP contribution in [0.25, 0.3) is 0 Å². The Labute approximate surface area is 188 Å². The van der Waals surface area contributed by atoms with Gasteiger partial charge in [0.1, 0.15) is 6.04 Å². The third-order valence-electron chi connectivity index (χ3n) is 5.37. The molecule has 1 aromatic rings. The molecule has 0 saturated carbocycles. The third-order valence-corrected chi connectivity index (χ3v) is 5.37. The van der Waals surface area contributed by atoms with E-state index >= 15 is 0 Å². The molecule has 176 valence electrons. The van der Waals surface area contributed by atoms with E-state index in [0.717, 1.165) is 0 Å². The number of fused-ring (bicyclic) bond motifs is 1. The van der Waals surface area contributed by atoms with Gasteiger partial charge in [0.15, 0.2) is 11.9 Å². The maximum atomic E-state index is 12.3. The molecule has 0 aliphatic carbocycles. The monoisotopic (exact) mass is 464 g/mol. The molecule has 13 nitrogen and oxygen atoms in total. The van der Waals surface area contributed by atoms with Gasteiger partial charge in [-0.3, -0.25) is 29.6 Å². The summed E-state index contributed by atoms with van der Waals surface area (Å²) in [5, 5.41) is 25.9. The van der Waals surface area contributed by atoms with E-state index in [-0.39, 0.29) is 36.3 Å². The summed E-state index contributed by atoms with van der Waals surface area (Å²) in [6.07, 6.45) is -0.588. The minimum atomic E-state index is -1.30. The molecule has 0 radical (unpaired) electrons. The lowest BCUT2D eigenvalue weighted by Crippen LogP contribution is -2.62. The molecule has 3 rings (SSSR count). The second kappa shape index (κ2) is 10.1. The van der Waals surface area contributed by atoms with E-state index in [9.17, 15) is 24.3 Å². The molecule has 2 amide bonds. The highest BCUT2D eigenvalue weighted by Gasteiger charge is 2.38. The first-order valence-corrected chi connectivity index (χ1v) is 10.2. The largest absolute Gasteiger partial charge is 0.481 e. The number of nitrogens with two attached hydrogens (primary N) is 1. The molecule has 2 heterocycles. The topological polar surface area (TPSA) is 199 Å². The van der Waals surface area contributed by atoms with Gasteiger partial charge < -0.3 is 26.6 Å². The summed E-state index contributed by atoms with van der Waals surface area (Å²) in [6, 6.07) is 4.38. The number of rotatable bonds is 9. The number of nitrogens with one attached hydrogen (secondary N) is 3. The number of nitrogens with zero attached hydrogens (tertiary/aromatic N) is 3. The number of carboxylic acid groups (broad SMARTS) is 2. The Morgan fingerprint density at radius 3 is 2.61 bits per heavy atom. The molecule has 13 heteroatoms. The fourth-order valence-corrected chi connectivity index (χ4v) is 3.50. The quantitative estimate of drug-likeness (QED) is 0.240. The SMILES string of the molecule is CN1C2C(=O)NC(N)=NC2=NC[C@@H]1CNc1ccc(C(=O)N[13C@@H]([13CH2][13CH2][13C](=O)O)[13C](=O)O)cc1. The second-order valence-electron chi connectivity index (χ2n) is 7.66. The van der Waals surface area contributed by atoms with E-state index in [4.69, 9.17) is 10.8 Å².